The number of nitrogens with two attached hydrogens (primary N) is 1. The van der Waals surface area contributed by atoms with Gasteiger partial charge in [-0.05, 0) is 61.4 Å². The lowest BCUT2D eigenvalue weighted by Gasteiger charge is -2.34. The first-order valence-corrected chi connectivity index (χ1v) is 13.1. The minimum Gasteiger partial charge on any atom is -0.490 e. The third kappa shape index (κ3) is 3.64. The predicted octanol–water partition coefficient (Wildman–Crippen LogP) is 3.03. The number of ether oxygens (including phenoxy) is 1. The van der Waals surface area contributed by atoms with Gasteiger partial charge in [0, 0.05) is 44.2 Å². The van der Waals surface area contributed by atoms with E-state index in [0.717, 1.165) is 73.1 Å². The molecule has 2 unspecified atom stereocenters. The van der Waals surface area contributed by atoms with Crippen molar-refractivity contribution in [3.05, 3.63) is 52.9 Å². The molecule has 0 bridgehead atoms. The zero-order valence-electron chi connectivity index (χ0n) is 20.0. The second kappa shape index (κ2) is 8.08. The van der Waals surface area contributed by atoms with E-state index >= 15 is 0 Å². The van der Waals surface area contributed by atoms with Gasteiger partial charge in [-0.25, -0.2) is 9.37 Å². The van der Waals surface area contributed by atoms with Crippen LogP contribution < -0.4 is 10.6 Å². The van der Waals surface area contributed by atoms with Crippen molar-refractivity contribution in [1.82, 2.24) is 14.5 Å². The highest BCUT2D eigenvalue weighted by Crippen LogP contribution is 2.45. The van der Waals surface area contributed by atoms with Crippen molar-refractivity contribution in [2.24, 2.45) is 17.6 Å². The number of benzene rings is 1. The molecule has 8 heteroatoms. The molecule has 1 aromatic heterocycles. The number of nitrogens with zero attached hydrogens (tertiary/aromatic N) is 4. The Morgan fingerprint density at radius 1 is 1.20 bits per heavy atom. The van der Waals surface area contributed by atoms with E-state index in [1.54, 1.807) is 12.1 Å². The third-order valence-electron chi connectivity index (χ3n) is 8.32. The van der Waals surface area contributed by atoms with Crippen LogP contribution in [0.5, 0.6) is 0 Å². The number of anilines is 1. The summed E-state index contributed by atoms with van der Waals surface area (Å²) in [6, 6.07) is 5.31. The summed E-state index contributed by atoms with van der Waals surface area (Å²) in [6.45, 7) is 3.68. The van der Waals surface area contributed by atoms with Crippen molar-refractivity contribution in [3.63, 3.8) is 0 Å². The van der Waals surface area contributed by atoms with Crippen LogP contribution in [-0.2, 0) is 28.9 Å². The summed E-state index contributed by atoms with van der Waals surface area (Å²) in [7, 11) is 0. The minimum atomic E-state index is -0.269. The van der Waals surface area contributed by atoms with Crippen molar-refractivity contribution in [1.29, 1.82) is 0 Å². The van der Waals surface area contributed by atoms with Crippen LogP contribution in [0.2, 0.25) is 0 Å². The molecule has 7 nitrogen and oxygen atoms in total. The summed E-state index contributed by atoms with van der Waals surface area (Å²) in [5.41, 5.74) is 10.3. The summed E-state index contributed by atoms with van der Waals surface area (Å²) in [5, 5.41) is 0. The van der Waals surface area contributed by atoms with Gasteiger partial charge in [-0.15, -0.1) is 0 Å². The number of fused-ring (bicyclic) bond motifs is 1. The van der Waals surface area contributed by atoms with Gasteiger partial charge >= 0.3 is 0 Å². The molecule has 184 valence electrons. The highest BCUT2D eigenvalue weighted by Gasteiger charge is 2.41. The molecule has 0 spiro atoms. The Balaban J connectivity index is 1.22. The van der Waals surface area contributed by atoms with Gasteiger partial charge in [0.05, 0.1) is 24.2 Å². The highest BCUT2D eigenvalue weighted by molar-refractivity contribution is 5.84. The van der Waals surface area contributed by atoms with E-state index in [0.29, 0.717) is 25.5 Å². The first kappa shape index (κ1) is 21.4. The van der Waals surface area contributed by atoms with Gasteiger partial charge in [0.2, 0.25) is 5.91 Å². The number of hydrogen-bond donors (Lipinski definition) is 1. The quantitative estimate of drug-likeness (QED) is 0.733. The van der Waals surface area contributed by atoms with Crippen molar-refractivity contribution in [2.45, 2.75) is 57.2 Å². The summed E-state index contributed by atoms with van der Waals surface area (Å²) in [4.78, 5) is 22.9. The highest BCUT2D eigenvalue weighted by atomic mass is 19.1. The van der Waals surface area contributed by atoms with Crippen molar-refractivity contribution in [2.75, 3.05) is 31.1 Å². The Bertz CT molecular complexity index is 1220. The van der Waals surface area contributed by atoms with Crippen LogP contribution in [0.25, 0.3) is 5.76 Å². The largest absolute Gasteiger partial charge is 0.490 e. The molecule has 2 N–H and O–H groups in total. The van der Waals surface area contributed by atoms with Gasteiger partial charge in [-0.1, -0.05) is 0 Å². The maximum atomic E-state index is 14.1. The zero-order chi connectivity index (χ0) is 23.7. The molecule has 2 fully saturated rings. The topological polar surface area (TPSA) is 76.6 Å². The van der Waals surface area contributed by atoms with Crippen LogP contribution in [0.3, 0.4) is 0 Å². The fourth-order valence-corrected chi connectivity index (χ4v) is 6.43. The summed E-state index contributed by atoms with van der Waals surface area (Å²) >= 11 is 0. The Labute approximate surface area is 204 Å². The van der Waals surface area contributed by atoms with Gasteiger partial charge in [0.1, 0.15) is 29.7 Å². The average molecular weight is 478 g/mol. The van der Waals surface area contributed by atoms with E-state index in [2.05, 4.69) is 9.47 Å². The molecule has 35 heavy (non-hydrogen) atoms. The molecule has 7 rings (SSSR count). The van der Waals surface area contributed by atoms with Crippen LogP contribution in [0, 0.1) is 17.7 Å². The van der Waals surface area contributed by atoms with E-state index in [-0.39, 0.29) is 29.7 Å². The van der Waals surface area contributed by atoms with Crippen LogP contribution in [0.4, 0.5) is 10.1 Å². The standard InChI is InChI=1S/C27H32FN5O2/c28-19-5-6-22-17(10-19)12-23(33(22)14-16-3-4-16)26-30-21-11-18(13-24-25(21)32(26)8-9-35-24)27(34)31-7-1-2-20(29)15-31/h5-6,10,13,16,18,20,23H,1-4,7-9,11-12,14-15,29H2/t18?,20-,23?/m1/s1. The lowest BCUT2D eigenvalue weighted by molar-refractivity contribution is -0.135. The Morgan fingerprint density at radius 2 is 2.09 bits per heavy atom. The third-order valence-corrected chi connectivity index (χ3v) is 8.32. The number of likely N-dealkylation sites (tertiary alicyclic amines) is 1. The number of aromatic nitrogens is 2. The number of rotatable bonds is 4. The molecule has 2 aliphatic carbocycles. The van der Waals surface area contributed by atoms with Crippen LogP contribution in [0.1, 0.15) is 54.5 Å². The van der Waals surface area contributed by atoms with Gasteiger partial charge in [0.15, 0.2) is 0 Å². The summed E-state index contributed by atoms with van der Waals surface area (Å²) in [6.07, 6.45) is 7.79. The molecular weight excluding hydrogens is 445 g/mol. The number of halogens is 1. The Hall–Kier alpha value is -2.87. The molecule has 3 atom stereocenters. The van der Waals surface area contributed by atoms with Gasteiger partial charge in [-0.3, -0.25) is 4.79 Å². The van der Waals surface area contributed by atoms with E-state index in [4.69, 9.17) is 15.5 Å². The first-order chi connectivity index (χ1) is 17.0. The summed E-state index contributed by atoms with van der Waals surface area (Å²) < 4.78 is 22.4. The second-order valence-corrected chi connectivity index (χ2v) is 10.9. The van der Waals surface area contributed by atoms with Crippen LogP contribution in [0.15, 0.2) is 24.3 Å². The smallest absolute Gasteiger partial charge is 0.230 e. The molecule has 1 aromatic carbocycles. The number of carbonyl (C=O) groups is 1. The number of carbonyl (C=O) groups excluding carboxylic acids is 1. The minimum absolute atomic E-state index is 0.0579. The monoisotopic (exact) mass is 477 g/mol. The van der Waals surface area contributed by atoms with Crippen molar-refractivity contribution in [3.8, 4) is 0 Å². The fourth-order valence-electron chi connectivity index (χ4n) is 6.43. The van der Waals surface area contributed by atoms with E-state index in [1.165, 1.54) is 12.8 Å². The molecule has 4 heterocycles. The number of piperidine rings is 1. The normalized spacial score (nSPS) is 27.3. The molecular formula is C27H32FN5O2. The molecule has 1 saturated heterocycles. The van der Waals surface area contributed by atoms with E-state index in [1.807, 2.05) is 17.0 Å². The molecule has 0 radical (unpaired) electrons. The SMILES string of the molecule is N[C@@H]1CCCN(C(=O)C2C=C3OCCn4c(C5Cc6cc(F)ccc6N5CC5CC5)nc(c43)C2)C1. The van der Waals surface area contributed by atoms with Gasteiger partial charge in [-0.2, -0.15) is 0 Å². The zero-order valence-corrected chi connectivity index (χ0v) is 20.0. The maximum absolute atomic E-state index is 14.1. The van der Waals surface area contributed by atoms with E-state index < -0.39 is 0 Å². The van der Waals surface area contributed by atoms with Crippen molar-refractivity contribution < 1.29 is 13.9 Å². The first-order valence-electron chi connectivity index (χ1n) is 13.1. The lowest BCUT2D eigenvalue weighted by Crippen LogP contribution is -2.48. The average Bonchev–Trinajstić information content (AvgIpc) is 3.51. The second-order valence-electron chi connectivity index (χ2n) is 10.9. The van der Waals surface area contributed by atoms with Gasteiger partial charge < -0.3 is 24.8 Å². The number of imidazole rings is 1. The molecule has 5 aliphatic rings. The molecule has 1 saturated carbocycles. The summed E-state index contributed by atoms with van der Waals surface area (Å²) in [5.74, 6) is 2.19. The fraction of sp³-hybridized carbons (Fsp3) is 0.556. The van der Waals surface area contributed by atoms with Gasteiger partial charge in [0.25, 0.3) is 0 Å². The molecule has 1 amide bonds. The molecule has 3 aliphatic heterocycles. The van der Waals surface area contributed by atoms with E-state index in [9.17, 15) is 9.18 Å². The Kier molecular flexibility index (Phi) is 4.95. The van der Waals surface area contributed by atoms with Crippen LogP contribution >= 0.6 is 0 Å². The number of hydrogen-bond acceptors (Lipinski definition) is 5. The number of amides is 1. The molecule has 2 aromatic rings. The maximum Gasteiger partial charge on any atom is 0.230 e. The van der Waals surface area contributed by atoms with Crippen LogP contribution in [-0.4, -0.2) is 52.6 Å². The predicted molar refractivity (Wildman–Crippen MR) is 130 cm³/mol. The lowest BCUT2D eigenvalue weighted by atomic mass is 9.92. The van der Waals surface area contributed by atoms with Crippen molar-refractivity contribution >= 4 is 17.4 Å². The Morgan fingerprint density at radius 3 is 2.91 bits per heavy atom.